The van der Waals surface area contributed by atoms with Gasteiger partial charge in [0.25, 0.3) is 0 Å². The molecule has 6 nitrogen and oxygen atoms in total. The first-order chi connectivity index (χ1) is 13.3. The molecule has 1 unspecified atom stereocenters. The first kappa shape index (κ1) is 17.9. The Bertz CT molecular complexity index is 860. The summed E-state index contributed by atoms with van der Waals surface area (Å²) >= 11 is 1.47. The molecule has 1 aliphatic rings. The van der Waals surface area contributed by atoms with Gasteiger partial charge in [0.1, 0.15) is 0 Å². The minimum atomic E-state index is -0.240. The fourth-order valence-electron chi connectivity index (χ4n) is 3.18. The second-order valence-electron chi connectivity index (χ2n) is 6.46. The molecule has 27 heavy (non-hydrogen) atoms. The van der Waals surface area contributed by atoms with E-state index in [1.807, 2.05) is 54.6 Å². The zero-order chi connectivity index (χ0) is 18.5. The number of urea groups is 1. The van der Waals surface area contributed by atoms with Crippen LogP contribution in [0, 0.1) is 0 Å². The SMILES string of the molecule is O=C(Nc1nc2ccccc2s1)NC(CN1CCOCC1)c1ccccc1. The van der Waals surface area contributed by atoms with Gasteiger partial charge in [-0.25, -0.2) is 9.78 Å². The number of anilines is 1. The first-order valence-corrected chi connectivity index (χ1v) is 9.88. The van der Waals surface area contributed by atoms with E-state index in [2.05, 4.69) is 20.5 Å². The highest BCUT2D eigenvalue weighted by molar-refractivity contribution is 7.22. The zero-order valence-electron chi connectivity index (χ0n) is 14.9. The van der Waals surface area contributed by atoms with Crippen molar-refractivity contribution in [3.8, 4) is 0 Å². The standard InChI is InChI=1S/C20H22N4O2S/c25-19(23-20-22-16-8-4-5-9-18(16)27-20)21-17(15-6-2-1-3-7-15)14-24-10-12-26-13-11-24/h1-9,17H,10-14H2,(H2,21,22,23,25). The molecule has 1 fully saturated rings. The van der Waals surface area contributed by atoms with E-state index in [1.165, 1.54) is 11.3 Å². The summed E-state index contributed by atoms with van der Waals surface area (Å²) < 4.78 is 6.48. The maximum atomic E-state index is 12.6. The van der Waals surface area contributed by atoms with Crippen LogP contribution in [0.25, 0.3) is 10.2 Å². The van der Waals surface area contributed by atoms with Crippen LogP contribution in [0.4, 0.5) is 9.93 Å². The van der Waals surface area contributed by atoms with Crippen LogP contribution in [0.5, 0.6) is 0 Å². The van der Waals surface area contributed by atoms with Gasteiger partial charge in [-0.3, -0.25) is 10.2 Å². The minimum absolute atomic E-state index is 0.0984. The molecule has 0 bridgehead atoms. The molecule has 1 aliphatic heterocycles. The number of aromatic nitrogens is 1. The van der Waals surface area contributed by atoms with Gasteiger partial charge >= 0.3 is 6.03 Å². The van der Waals surface area contributed by atoms with E-state index in [-0.39, 0.29) is 12.1 Å². The van der Waals surface area contributed by atoms with Crippen molar-refractivity contribution in [2.45, 2.75) is 6.04 Å². The van der Waals surface area contributed by atoms with Gasteiger partial charge < -0.3 is 10.1 Å². The fraction of sp³-hybridized carbons (Fsp3) is 0.300. The number of hydrogen-bond donors (Lipinski definition) is 2. The highest BCUT2D eigenvalue weighted by Gasteiger charge is 2.20. The molecule has 3 aromatic rings. The number of carbonyl (C=O) groups is 1. The van der Waals surface area contributed by atoms with Gasteiger partial charge in [0.05, 0.1) is 29.5 Å². The van der Waals surface area contributed by atoms with E-state index in [0.29, 0.717) is 5.13 Å². The Morgan fingerprint density at radius 2 is 1.85 bits per heavy atom. The van der Waals surface area contributed by atoms with E-state index >= 15 is 0 Å². The Balaban J connectivity index is 1.45. The third kappa shape index (κ3) is 4.63. The topological polar surface area (TPSA) is 66.5 Å². The van der Waals surface area contributed by atoms with E-state index in [0.717, 1.165) is 48.6 Å². The van der Waals surface area contributed by atoms with Crippen molar-refractivity contribution in [2.24, 2.45) is 0 Å². The number of fused-ring (bicyclic) bond motifs is 1. The Hall–Kier alpha value is -2.48. The number of rotatable bonds is 5. The molecule has 0 saturated carbocycles. The molecule has 1 saturated heterocycles. The van der Waals surface area contributed by atoms with E-state index in [4.69, 9.17) is 4.74 Å². The summed E-state index contributed by atoms with van der Waals surface area (Å²) in [7, 11) is 0. The number of morpholine rings is 1. The molecule has 140 valence electrons. The van der Waals surface area contributed by atoms with E-state index in [9.17, 15) is 4.79 Å². The quantitative estimate of drug-likeness (QED) is 0.709. The van der Waals surface area contributed by atoms with E-state index < -0.39 is 0 Å². The summed E-state index contributed by atoms with van der Waals surface area (Å²) in [6.07, 6.45) is 0. The van der Waals surface area contributed by atoms with Gasteiger partial charge in [-0.15, -0.1) is 0 Å². The van der Waals surface area contributed by atoms with Crippen molar-refractivity contribution < 1.29 is 9.53 Å². The Kier molecular flexibility index (Phi) is 5.62. The minimum Gasteiger partial charge on any atom is -0.379 e. The molecule has 0 aliphatic carbocycles. The van der Waals surface area contributed by atoms with Crippen LogP contribution in [0.1, 0.15) is 11.6 Å². The maximum Gasteiger partial charge on any atom is 0.321 e. The van der Waals surface area contributed by atoms with Crippen LogP contribution in [-0.2, 0) is 4.74 Å². The Labute approximate surface area is 162 Å². The van der Waals surface area contributed by atoms with E-state index in [1.54, 1.807) is 0 Å². The molecular formula is C20H22N4O2S. The fourth-order valence-corrected chi connectivity index (χ4v) is 4.04. The van der Waals surface area contributed by atoms with Crippen molar-refractivity contribution in [1.29, 1.82) is 0 Å². The molecule has 4 rings (SSSR count). The molecule has 2 heterocycles. The molecule has 7 heteroatoms. The van der Waals surface area contributed by atoms with Crippen LogP contribution in [0.3, 0.4) is 0 Å². The number of ether oxygens (including phenoxy) is 1. The lowest BCUT2D eigenvalue weighted by molar-refractivity contribution is 0.0340. The molecule has 2 aromatic carbocycles. The lowest BCUT2D eigenvalue weighted by Gasteiger charge is -2.31. The largest absolute Gasteiger partial charge is 0.379 e. The summed E-state index contributed by atoms with van der Waals surface area (Å²) in [5.74, 6) is 0. The Morgan fingerprint density at radius 3 is 2.63 bits per heavy atom. The van der Waals surface area contributed by atoms with Gasteiger partial charge in [0.15, 0.2) is 5.13 Å². The van der Waals surface area contributed by atoms with Crippen LogP contribution >= 0.6 is 11.3 Å². The van der Waals surface area contributed by atoms with Gasteiger partial charge in [0.2, 0.25) is 0 Å². The predicted molar refractivity (Wildman–Crippen MR) is 108 cm³/mol. The number of thiazole rings is 1. The molecule has 0 radical (unpaired) electrons. The first-order valence-electron chi connectivity index (χ1n) is 9.06. The molecule has 2 N–H and O–H groups in total. The number of nitrogens with zero attached hydrogens (tertiary/aromatic N) is 2. The average Bonchev–Trinajstić information content (AvgIpc) is 3.11. The predicted octanol–water partition coefficient (Wildman–Crippen LogP) is 3.49. The smallest absolute Gasteiger partial charge is 0.321 e. The van der Waals surface area contributed by atoms with Gasteiger partial charge in [0, 0.05) is 19.6 Å². The summed E-state index contributed by atoms with van der Waals surface area (Å²) in [6.45, 7) is 3.98. The van der Waals surface area contributed by atoms with Crippen LogP contribution < -0.4 is 10.6 Å². The van der Waals surface area contributed by atoms with Crippen molar-refractivity contribution in [3.63, 3.8) is 0 Å². The third-order valence-electron chi connectivity index (χ3n) is 4.57. The highest BCUT2D eigenvalue weighted by atomic mass is 32.1. The summed E-state index contributed by atoms with van der Waals surface area (Å²) in [6, 6.07) is 17.6. The normalized spacial score (nSPS) is 16.1. The molecule has 0 spiro atoms. The average molecular weight is 382 g/mol. The second kappa shape index (κ2) is 8.47. The number of carbonyl (C=O) groups excluding carboxylic acids is 1. The van der Waals surface area contributed by atoms with Crippen LogP contribution in [-0.4, -0.2) is 48.8 Å². The number of hydrogen-bond acceptors (Lipinski definition) is 5. The monoisotopic (exact) mass is 382 g/mol. The van der Waals surface area contributed by atoms with Gasteiger partial charge in [-0.2, -0.15) is 0 Å². The lowest BCUT2D eigenvalue weighted by atomic mass is 10.1. The zero-order valence-corrected chi connectivity index (χ0v) is 15.7. The van der Waals surface area contributed by atoms with Crippen molar-refractivity contribution in [2.75, 3.05) is 38.2 Å². The molecular weight excluding hydrogens is 360 g/mol. The summed E-state index contributed by atoms with van der Waals surface area (Å²) in [4.78, 5) is 19.4. The van der Waals surface area contributed by atoms with Crippen molar-refractivity contribution in [3.05, 3.63) is 60.2 Å². The number of para-hydroxylation sites is 1. The molecule has 1 aromatic heterocycles. The molecule has 2 amide bonds. The number of benzene rings is 2. The highest BCUT2D eigenvalue weighted by Crippen LogP contribution is 2.25. The third-order valence-corrected chi connectivity index (χ3v) is 5.52. The number of nitrogens with one attached hydrogen (secondary N) is 2. The van der Waals surface area contributed by atoms with Crippen molar-refractivity contribution >= 4 is 32.7 Å². The number of amides is 2. The van der Waals surface area contributed by atoms with Gasteiger partial charge in [-0.1, -0.05) is 53.8 Å². The van der Waals surface area contributed by atoms with Gasteiger partial charge in [-0.05, 0) is 17.7 Å². The molecule has 1 atom stereocenters. The second-order valence-corrected chi connectivity index (χ2v) is 7.49. The van der Waals surface area contributed by atoms with Crippen molar-refractivity contribution in [1.82, 2.24) is 15.2 Å². The lowest BCUT2D eigenvalue weighted by Crippen LogP contribution is -2.44. The maximum absolute atomic E-state index is 12.6. The van der Waals surface area contributed by atoms with Crippen LogP contribution in [0.15, 0.2) is 54.6 Å². The summed E-state index contributed by atoms with van der Waals surface area (Å²) in [5.41, 5.74) is 1.98. The van der Waals surface area contributed by atoms with Crippen LogP contribution in [0.2, 0.25) is 0 Å². The Morgan fingerprint density at radius 1 is 1.11 bits per heavy atom. The summed E-state index contributed by atoms with van der Waals surface area (Å²) in [5, 5.41) is 6.59.